The SMILES string of the molecule is C=C(C)[C@H]1O[C@H]2CC[C@]3(C)[C@](O)(CC[C@@H]4[C@H]5OC(C)(C)[C@@H]6C[C@@H]7C(=C)Cc8c(Cl)cc9[nH]c(c5c9c8[C@]76O)[C@@]43C)[C@@]23O[C@@H]3[C@H]1O. The van der Waals surface area contributed by atoms with Gasteiger partial charge in [0.2, 0.25) is 0 Å². The smallest absolute Gasteiger partial charge is 0.153 e. The number of H-pyrrole nitrogens is 1. The molecule has 0 radical (unpaired) electrons. The molecular formula is C37H44ClNO6. The van der Waals surface area contributed by atoms with Crippen molar-refractivity contribution in [1.29, 1.82) is 0 Å². The molecule has 240 valence electrons. The molecule has 2 saturated heterocycles. The van der Waals surface area contributed by atoms with Crippen LogP contribution >= 0.6 is 11.6 Å². The number of hydrogen-bond acceptors (Lipinski definition) is 6. The van der Waals surface area contributed by atoms with Crippen molar-refractivity contribution in [2.24, 2.45) is 23.2 Å². The van der Waals surface area contributed by atoms with Gasteiger partial charge in [-0.2, -0.15) is 0 Å². The van der Waals surface area contributed by atoms with Gasteiger partial charge in [-0.05, 0) is 82.1 Å². The third kappa shape index (κ3) is 2.64. The number of epoxide rings is 1. The first-order chi connectivity index (χ1) is 21.1. The highest BCUT2D eigenvalue weighted by Crippen LogP contribution is 2.78. The van der Waals surface area contributed by atoms with Crippen LogP contribution in [0.5, 0.6) is 0 Å². The maximum atomic E-state index is 13.2. The Kier molecular flexibility index (Phi) is 4.89. The van der Waals surface area contributed by atoms with Crippen molar-refractivity contribution < 1.29 is 29.5 Å². The van der Waals surface area contributed by atoms with Gasteiger partial charge in [-0.15, -0.1) is 0 Å². The Morgan fingerprint density at radius 1 is 1.11 bits per heavy atom. The van der Waals surface area contributed by atoms with E-state index in [0.717, 1.165) is 63.7 Å². The van der Waals surface area contributed by atoms with E-state index >= 15 is 0 Å². The summed E-state index contributed by atoms with van der Waals surface area (Å²) < 4.78 is 20.4. The second kappa shape index (κ2) is 7.78. The summed E-state index contributed by atoms with van der Waals surface area (Å²) in [4.78, 5) is 3.87. The number of nitrogens with one attached hydrogen (secondary N) is 1. The van der Waals surface area contributed by atoms with Crippen molar-refractivity contribution >= 4 is 22.5 Å². The largest absolute Gasteiger partial charge is 0.387 e. The van der Waals surface area contributed by atoms with Crippen LogP contribution in [0, 0.1) is 23.2 Å². The van der Waals surface area contributed by atoms with Crippen LogP contribution in [-0.4, -0.2) is 61.5 Å². The van der Waals surface area contributed by atoms with Crippen LogP contribution in [-0.2, 0) is 31.6 Å². The number of ether oxygens (including phenoxy) is 3. The predicted molar refractivity (Wildman–Crippen MR) is 169 cm³/mol. The lowest BCUT2D eigenvalue weighted by atomic mass is 9.40. The van der Waals surface area contributed by atoms with Gasteiger partial charge in [0, 0.05) is 55.8 Å². The van der Waals surface area contributed by atoms with Gasteiger partial charge in [0.05, 0.1) is 17.8 Å². The Balaban J connectivity index is 1.21. The lowest BCUT2D eigenvalue weighted by molar-refractivity contribution is -0.281. The molecule has 0 bridgehead atoms. The summed E-state index contributed by atoms with van der Waals surface area (Å²) in [6.07, 6.45) is 1.83. The molecule has 4 N–H and O–H groups in total. The van der Waals surface area contributed by atoms with Gasteiger partial charge in [-0.25, -0.2) is 0 Å². The summed E-state index contributed by atoms with van der Waals surface area (Å²) in [7, 11) is 0. The van der Waals surface area contributed by atoms with E-state index in [9.17, 15) is 15.3 Å². The van der Waals surface area contributed by atoms with Crippen LogP contribution in [0.15, 0.2) is 30.4 Å². The van der Waals surface area contributed by atoms with Crippen molar-refractivity contribution in [2.75, 3.05) is 0 Å². The number of aromatic nitrogens is 1. The zero-order chi connectivity index (χ0) is 31.6. The molecule has 3 aliphatic heterocycles. The third-order valence-electron chi connectivity index (χ3n) is 15.2. The fourth-order valence-corrected chi connectivity index (χ4v) is 13.2. The Morgan fingerprint density at radius 2 is 1.87 bits per heavy atom. The van der Waals surface area contributed by atoms with E-state index in [-0.39, 0.29) is 30.0 Å². The highest BCUT2D eigenvalue weighted by atomic mass is 35.5. The lowest BCUT2D eigenvalue weighted by Gasteiger charge is -2.66. The Morgan fingerprint density at radius 3 is 2.60 bits per heavy atom. The van der Waals surface area contributed by atoms with Crippen molar-refractivity contribution in [3.8, 4) is 0 Å². The van der Waals surface area contributed by atoms with E-state index in [1.54, 1.807) is 0 Å². The maximum absolute atomic E-state index is 13.2. The summed E-state index contributed by atoms with van der Waals surface area (Å²) in [5.74, 6) is -0.0241. The van der Waals surface area contributed by atoms with Crippen LogP contribution in [0.1, 0.15) is 95.2 Å². The van der Waals surface area contributed by atoms with Crippen LogP contribution in [0.3, 0.4) is 0 Å². The molecule has 1 aromatic carbocycles. The molecule has 0 amide bonds. The molecule has 3 saturated carbocycles. The van der Waals surface area contributed by atoms with Gasteiger partial charge in [-0.1, -0.05) is 44.2 Å². The zero-order valence-corrected chi connectivity index (χ0v) is 27.6. The van der Waals surface area contributed by atoms with E-state index < -0.39 is 51.5 Å². The third-order valence-corrected chi connectivity index (χ3v) is 15.5. The minimum absolute atomic E-state index is 0.0254. The molecule has 8 aliphatic rings. The fourth-order valence-electron chi connectivity index (χ4n) is 12.9. The summed E-state index contributed by atoms with van der Waals surface area (Å²) >= 11 is 7.06. The van der Waals surface area contributed by atoms with Gasteiger partial charge in [0.1, 0.15) is 29.5 Å². The van der Waals surface area contributed by atoms with Crippen molar-refractivity contribution in [2.45, 2.75) is 131 Å². The first-order valence-electron chi connectivity index (χ1n) is 16.9. The monoisotopic (exact) mass is 633 g/mol. The van der Waals surface area contributed by atoms with Gasteiger partial charge >= 0.3 is 0 Å². The molecule has 0 unspecified atom stereocenters. The standard InChI is InChI=1S/C37H44ClNO6/c1-15(2)28-27(40)31-37(45-31)23(43-28)9-10-33(6)34(7)18(8-11-35(33,37)41)29-25-24-21(39-30(25)34)14-20(38)17-12-16(3)19-13-22(32(4,5)44-29)36(19,42)26(17)24/h14,18-19,22-23,27-29,31,39-42H,1,3,8-13H2,2,4-7H3/t18-,19-,22+,23+,27+,28-,29-,31-,33+,34-,35-,36+,37-/m1/s1. The minimum atomic E-state index is -1.24. The maximum Gasteiger partial charge on any atom is 0.153 e. The number of hydrogen-bond donors (Lipinski definition) is 4. The molecule has 13 atom stereocenters. The average Bonchev–Trinajstić information content (AvgIpc) is 3.55. The van der Waals surface area contributed by atoms with E-state index in [1.807, 2.05) is 13.0 Å². The predicted octanol–water partition coefficient (Wildman–Crippen LogP) is 5.66. The van der Waals surface area contributed by atoms with Crippen LogP contribution in [0.2, 0.25) is 5.02 Å². The van der Waals surface area contributed by atoms with Gasteiger partial charge < -0.3 is 34.5 Å². The summed E-state index contributed by atoms with van der Waals surface area (Å²) in [6, 6.07) is 2.02. The summed E-state index contributed by atoms with van der Waals surface area (Å²) in [5, 5.41) is 39.1. The molecule has 5 fully saturated rings. The number of aromatic amines is 1. The van der Waals surface area contributed by atoms with Gasteiger partial charge in [0.25, 0.3) is 0 Å². The Hall–Kier alpha value is -1.71. The molecule has 5 aliphatic carbocycles. The quantitative estimate of drug-likeness (QED) is 0.238. The lowest BCUT2D eigenvalue weighted by Crippen LogP contribution is -2.76. The number of rotatable bonds is 1. The Labute approximate surface area is 269 Å². The number of aliphatic hydroxyl groups excluding tert-OH is 1. The molecule has 8 heteroatoms. The molecular weight excluding hydrogens is 590 g/mol. The van der Waals surface area contributed by atoms with Crippen molar-refractivity contribution in [3.05, 3.63) is 57.8 Å². The number of fused-ring (bicyclic) bond motifs is 5. The molecule has 45 heavy (non-hydrogen) atoms. The second-order valence-corrected chi connectivity index (χ2v) is 17.4. The summed E-state index contributed by atoms with van der Waals surface area (Å²) in [5.41, 5.74) is 1.86. The van der Waals surface area contributed by atoms with Crippen LogP contribution in [0.25, 0.3) is 10.9 Å². The number of aliphatic hydroxyl groups is 3. The first kappa shape index (κ1) is 28.3. The molecule has 1 aromatic heterocycles. The molecule has 4 heterocycles. The van der Waals surface area contributed by atoms with Gasteiger partial charge in [-0.3, -0.25) is 0 Å². The van der Waals surface area contributed by atoms with Crippen LogP contribution in [0.4, 0.5) is 0 Å². The normalized spacial score (nSPS) is 52.5. The zero-order valence-electron chi connectivity index (χ0n) is 26.8. The van der Waals surface area contributed by atoms with Crippen molar-refractivity contribution in [1.82, 2.24) is 4.98 Å². The van der Waals surface area contributed by atoms with E-state index in [0.29, 0.717) is 24.3 Å². The minimum Gasteiger partial charge on any atom is -0.387 e. The number of halogens is 1. The average molecular weight is 634 g/mol. The molecule has 2 aromatic rings. The summed E-state index contributed by atoms with van der Waals surface area (Å²) in [6.45, 7) is 19.2. The van der Waals surface area contributed by atoms with Crippen LogP contribution < -0.4 is 0 Å². The van der Waals surface area contributed by atoms with E-state index in [1.165, 1.54) is 0 Å². The molecule has 10 rings (SSSR count). The first-order valence-corrected chi connectivity index (χ1v) is 17.3. The van der Waals surface area contributed by atoms with E-state index in [4.69, 9.17) is 25.8 Å². The second-order valence-electron chi connectivity index (χ2n) is 17.0. The highest BCUT2D eigenvalue weighted by molar-refractivity contribution is 6.32. The highest BCUT2D eigenvalue weighted by Gasteiger charge is 2.87. The Bertz CT molecular complexity index is 1800. The topological polar surface area (TPSA) is 107 Å². The molecule has 1 spiro atoms. The van der Waals surface area contributed by atoms with Crippen molar-refractivity contribution in [3.63, 3.8) is 0 Å². The number of benzene rings is 1. The fraction of sp³-hybridized carbons (Fsp3) is 0.676. The molecule has 7 nitrogen and oxygen atoms in total. The van der Waals surface area contributed by atoms with Gasteiger partial charge in [0.15, 0.2) is 5.60 Å². The van der Waals surface area contributed by atoms with E-state index in [2.05, 4.69) is 45.8 Å².